The lowest BCUT2D eigenvalue weighted by Crippen LogP contribution is -2.33. The quantitative estimate of drug-likeness (QED) is 0.488. The summed E-state index contributed by atoms with van der Waals surface area (Å²) in [5.41, 5.74) is 2.14. The lowest BCUT2D eigenvalue weighted by Gasteiger charge is -2.23. The highest BCUT2D eigenvalue weighted by Gasteiger charge is 2.44. The molecule has 1 aromatic carbocycles. The molecule has 2 aromatic heterocycles. The first-order valence-electron chi connectivity index (χ1n) is 9.62. The average molecular weight is 399 g/mol. The predicted molar refractivity (Wildman–Crippen MR) is 106 cm³/mol. The second kappa shape index (κ2) is 8.03. The topological polar surface area (TPSA) is 126 Å². The Hall–Kier alpha value is -2.59. The summed E-state index contributed by atoms with van der Waals surface area (Å²) in [5.74, 6) is 0.869. The highest BCUT2D eigenvalue weighted by Crippen LogP contribution is 2.33. The zero-order valence-corrected chi connectivity index (χ0v) is 16.3. The summed E-state index contributed by atoms with van der Waals surface area (Å²) in [7, 11) is 0. The Labute approximate surface area is 168 Å². The maximum Gasteiger partial charge on any atom is 0.167 e. The predicted octanol–water partition coefficient (Wildman–Crippen LogP) is 1.25. The lowest BCUT2D eigenvalue weighted by atomic mass is 9.96. The van der Waals surface area contributed by atoms with Crippen molar-refractivity contribution in [1.29, 1.82) is 0 Å². The van der Waals surface area contributed by atoms with Gasteiger partial charge in [-0.3, -0.25) is 4.57 Å². The van der Waals surface area contributed by atoms with E-state index in [1.54, 1.807) is 4.57 Å². The monoisotopic (exact) mass is 399 g/mol. The average Bonchev–Trinajstić information content (AvgIpc) is 3.28. The smallest absolute Gasteiger partial charge is 0.167 e. The normalized spacial score (nSPS) is 25.6. The zero-order valence-electron chi connectivity index (χ0n) is 16.3. The number of aromatic nitrogens is 4. The van der Waals surface area contributed by atoms with Crippen LogP contribution in [-0.2, 0) is 4.74 Å². The minimum atomic E-state index is -1.20. The number of aliphatic hydroxyl groups excluding tert-OH is 3. The van der Waals surface area contributed by atoms with Crippen molar-refractivity contribution < 1.29 is 20.1 Å². The molecular formula is C20H25N5O4. The van der Waals surface area contributed by atoms with Crippen LogP contribution in [0.1, 0.15) is 31.7 Å². The van der Waals surface area contributed by atoms with E-state index in [0.717, 1.165) is 5.56 Å². The van der Waals surface area contributed by atoms with E-state index in [1.165, 1.54) is 12.7 Å². The van der Waals surface area contributed by atoms with Crippen molar-refractivity contribution in [2.24, 2.45) is 5.92 Å². The minimum absolute atomic E-state index is 0.0216. The van der Waals surface area contributed by atoms with Crippen LogP contribution >= 0.6 is 0 Å². The first-order chi connectivity index (χ1) is 14.0. The highest BCUT2D eigenvalue weighted by molar-refractivity contribution is 5.83. The van der Waals surface area contributed by atoms with E-state index in [-0.39, 0.29) is 6.04 Å². The van der Waals surface area contributed by atoms with E-state index >= 15 is 0 Å². The van der Waals surface area contributed by atoms with Crippen LogP contribution in [0.2, 0.25) is 0 Å². The Kier molecular flexibility index (Phi) is 5.46. The number of rotatable bonds is 6. The van der Waals surface area contributed by atoms with Crippen LogP contribution in [-0.4, -0.2) is 59.8 Å². The largest absolute Gasteiger partial charge is 0.394 e. The van der Waals surface area contributed by atoms with Crippen LogP contribution in [0.5, 0.6) is 0 Å². The molecule has 4 N–H and O–H groups in total. The Balaban J connectivity index is 1.68. The van der Waals surface area contributed by atoms with Crippen molar-refractivity contribution >= 4 is 17.0 Å². The molecule has 0 radical (unpaired) electrons. The van der Waals surface area contributed by atoms with Crippen molar-refractivity contribution in [3.8, 4) is 0 Å². The number of nitrogens with zero attached hydrogens (tertiary/aromatic N) is 4. The fourth-order valence-corrected chi connectivity index (χ4v) is 3.70. The summed E-state index contributed by atoms with van der Waals surface area (Å²) in [6, 6.07) is 10.1. The third-order valence-corrected chi connectivity index (χ3v) is 5.27. The lowest BCUT2D eigenvalue weighted by molar-refractivity contribution is -0.0511. The fourth-order valence-electron chi connectivity index (χ4n) is 3.70. The summed E-state index contributed by atoms with van der Waals surface area (Å²) in [6.45, 7) is 3.86. The molecular weight excluding hydrogens is 374 g/mol. The van der Waals surface area contributed by atoms with Crippen LogP contribution < -0.4 is 5.32 Å². The Bertz CT molecular complexity index is 964. The standard InChI is InChI=1S/C20H25N5O4/c1-11(2)14(12-6-4-3-5-7-12)24-18-15-19(22-9-21-18)25(10-23-15)20-17(28)16(27)13(8-26)29-20/h3-7,9-11,13-14,16-17,20,26-28H,8H2,1-2H3,(H,21,22,24)/t13-,14?,16?,17?,20-/m1/s1. The van der Waals surface area contributed by atoms with Crippen LogP contribution in [0.4, 0.5) is 5.82 Å². The molecule has 0 aliphatic carbocycles. The van der Waals surface area contributed by atoms with Crippen molar-refractivity contribution in [3.63, 3.8) is 0 Å². The molecule has 3 aromatic rings. The van der Waals surface area contributed by atoms with Crippen LogP contribution in [0.3, 0.4) is 0 Å². The van der Waals surface area contributed by atoms with Gasteiger partial charge in [0, 0.05) is 0 Å². The molecule has 3 heterocycles. The molecule has 0 spiro atoms. The van der Waals surface area contributed by atoms with E-state index in [2.05, 4.69) is 46.2 Å². The molecule has 29 heavy (non-hydrogen) atoms. The van der Waals surface area contributed by atoms with Gasteiger partial charge in [0.15, 0.2) is 23.2 Å². The molecule has 154 valence electrons. The molecule has 4 rings (SSSR count). The molecule has 0 bridgehead atoms. The maximum atomic E-state index is 10.3. The molecule has 5 atom stereocenters. The number of hydrogen-bond donors (Lipinski definition) is 4. The van der Waals surface area contributed by atoms with Gasteiger partial charge in [-0.25, -0.2) is 15.0 Å². The molecule has 9 heteroatoms. The van der Waals surface area contributed by atoms with E-state index in [1.807, 2.05) is 18.2 Å². The molecule has 3 unspecified atom stereocenters. The fraction of sp³-hybridized carbons (Fsp3) is 0.450. The first-order valence-corrected chi connectivity index (χ1v) is 9.62. The Morgan fingerprint density at radius 2 is 1.86 bits per heavy atom. The number of hydrogen-bond acceptors (Lipinski definition) is 8. The molecule has 1 saturated heterocycles. The molecule has 9 nitrogen and oxygen atoms in total. The zero-order chi connectivity index (χ0) is 20.5. The third-order valence-electron chi connectivity index (χ3n) is 5.27. The SMILES string of the molecule is CC(C)C(Nc1ncnc2c1ncn2[C@@H]1O[C@H](CO)C(O)C1O)c1ccccc1. The van der Waals surface area contributed by atoms with Crippen molar-refractivity contribution in [2.45, 2.75) is 44.4 Å². The highest BCUT2D eigenvalue weighted by atomic mass is 16.6. The van der Waals surface area contributed by atoms with Gasteiger partial charge in [-0.2, -0.15) is 0 Å². The summed E-state index contributed by atoms with van der Waals surface area (Å²) in [5, 5.41) is 33.2. The van der Waals surface area contributed by atoms with Gasteiger partial charge in [0.1, 0.15) is 24.6 Å². The molecule has 0 amide bonds. The van der Waals surface area contributed by atoms with Crippen molar-refractivity contribution in [1.82, 2.24) is 19.5 Å². The second-order valence-corrected chi connectivity index (χ2v) is 7.55. The Morgan fingerprint density at radius 1 is 1.10 bits per heavy atom. The van der Waals surface area contributed by atoms with Gasteiger partial charge < -0.3 is 25.4 Å². The van der Waals surface area contributed by atoms with E-state index in [4.69, 9.17) is 4.74 Å². The summed E-state index contributed by atoms with van der Waals surface area (Å²) in [4.78, 5) is 13.1. The van der Waals surface area contributed by atoms with E-state index < -0.39 is 31.1 Å². The number of ether oxygens (including phenoxy) is 1. The molecule has 1 fully saturated rings. The van der Waals surface area contributed by atoms with Gasteiger partial charge >= 0.3 is 0 Å². The number of imidazole rings is 1. The van der Waals surface area contributed by atoms with Crippen molar-refractivity contribution in [3.05, 3.63) is 48.5 Å². The van der Waals surface area contributed by atoms with E-state index in [9.17, 15) is 15.3 Å². The van der Waals surface area contributed by atoms with Gasteiger partial charge in [-0.05, 0) is 11.5 Å². The van der Waals surface area contributed by atoms with Gasteiger partial charge in [-0.15, -0.1) is 0 Å². The number of aliphatic hydroxyl groups is 3. The maximum absolute atomic E-state index is 10.3. The van der Waals surface area contributed by atoms with Gasteiger partial charge in [-0.1, -0.05) is 44.2 Å². The molecule has 0 saturated carbocycles. The first kappa shape index (κ1) is 19.7. The Morgan fingerprint density at radius 3 is 2.52 bits per heavy atom. The van der Waals surface area contributed by atoms with Gasteiger partial charge in [0.2, 0.25) is 0 Å². The van der Waals surface area contributed by atoms with E-state index in [0.29, 0.717) is 22.9 Å². The number of benzene rings is 1. The molecule has 1 aliphatic heterocycles. The van der Waals surface area contributed by atoms with Crippen LogP contribution in [0.25, 0.3) is 11.2 Å². The number of fused-ring (bicyclic) bond motifs is 1. The van der Waals surface area contributed by atoms with Crippen LogP contribution in [0.15, 0.2) is 43.0 Å². The van der Waals surface area contributed by atoms with Crippen molar-refractivity contribution in [2.75, 3.05) is 11.9 Å². The summed E-state index contributed by atoms with van der Waals surface area (Å²) < 4.78 is 7.16. The van der Waals surface area contributed by atoms with Gasteiger partial charge in [0.25, 0.3) is 0 Å². The number of nitrogens with one attached hydrogen (secondary N) is 1. The summed E-state index contributed by atoms with van der Waals surface area (Å²) >= 11 is 0. The molecule has 1 aliphatic rings. The summed E-state index contributed by atoms with van der Waals surface area (Å²) in [6.07, 6.45) is -1.24. The second-order valence-electron chi connectivity index (χ2n) is 7.55. The third kappa shape index (κ3) is 3.58. The minimum Gasteiger partial charge on any atom is -0.394 e. The van der Waals surface area contributed by atoms with Gasteiger partial charge in [0.05, 0.1) is 19.0 Å². The van der Waals surface area contributed by atoms with Crippen LogP contribution in [0, 0.1) is 5.92 Å². The number of anilines is 1.